The van der Waals surface area contributed by atoms with E-state index in [2.05, 4.69) is 16.0 Å². The van der Waals surface area contributed by atoms with Crippen LogP contribution in [0.1, 0.15) is 13.8 Å². The first-order chi connectivity index (χ1) is 15.9. The van der Waals surface area contributed by atoms with Gasteiger partial charge in [0.05, 0.1) is 9.82 Å². The van der Waals surface area contributed by atoms with Crippen LogP contribution >= 0.6 is 0 Å². The number of nitrogens with zero attached hydrogens (tertiary/aromatic N) is 1. The first kappa shape index (κ1) is 26.2. The molecule has 0 aliphatic heterocycles. The predicted octanol–water partition coefficient (Wildman–Crippen LogP) is 1.44. The van der Waals surface area contributed by atoms with Gasteiger partial charge in [0.2, 0.25) is 15.9 Å². The second-order valence-electron chi connectivity index (χ2n) is 6.89. The molecule has 0 saturated heterocycles. The molecule has 0 unspecified atom stereocenters. The van der Waals surface area contributed by atoms with Crippen molar-refractivity contribution in [2.45, 2.75) is 24.8 Å². The molecule has 0 radical (unpaired) electrons. The van der Waals surface area contributed by atoms with Crippen LogP contribution in [0, 0.1) is 10.1 Å². The third kappa shape index (κ3) is 7.25. The Morgan fingerprint density at radius 3 is 2.18 bits per heavy atom. The number of amides is 2. The van der Waals surface area contributed by atoms with Gasteiger partial charge in [-0.15, -0.1) is 0 Å². The maximum absolute atomic E-state index is 12.4. The lowest BCUT2D eigenvalue weighted by atomic mass is 10.2. The first-order valence-corrected chi connectivity index (χ1v) is 11.2. The normalized spacial score (nSPS) is 11.7. The van der Waals surface area contributed by atoms with Gasteiger partial charge in [-0.1, -0.05) is 0 Å². The number of sulfonamides is 1. The van der Waals surface area contributed by atoms with Crippen molar-refractivity contribution >= 4 is 50.6 Å². The summed E-state index contributed by atoms with van der Waals surface area (Å²) >= 11 is 0. The molecular weight excluding hydrogens is 470 g/mol. The summed E-state index contributed by atoms with van der Waals surface area (Å²) in [6.07, 6.45) is -1.25. The van der Waals surface area contributed by atoms with E-state index in [4.69, 9.17) is 4.74 Å². The molecule has 14 heteroatoms. The highest BCUT2D eigenvalue weighted by atomic mass is 32.2. The molecular formula is C20H23N5O8S. The van der Waals surface area contributed by atoms with E-state index < -0.39 is 50.1 Å². The highest BCUT2D eigenvalue weighted by Gasteiger charge is 2.23. The predicted molar refractivity (Wildman–Crippen MR) is 123 cm³/mol. The summed E-state index contributed by atoms with van der Waals surface area (Å²) in [5.74, 6) is -1.95. The standard InChI is InChI=1S/C20H23N5O8S/c1-12(20(28)24-15-6-4-14(5-7-15)23-13(2)26)33-19(27)11-22-34(31,32)16-8-9-17(21-3)18(10-16)25(29)30/h4-10,12,21-22H,11H2,1-3H3,(H,23,26)(H,24,28)/t12-/m1/s1. The fourth-order valence-corrected chi connectivity index (χ4v) is 3.64. The van der Waals surface area contributed by atoms with Gasteiger partial charge in [0.1, 0.15) is 12.2 Å². The molecule has 13 nitrogen and oxygen atoms in total. The molecule has 2 rings (SSSR count). The van der Waals surface area contributed by atoms with Crippen molar-refractivity contribution in [2.75, 3.05) is 29.5 Å². The SMILES string of the molecule is CNc1ccc(S(=O)(=O)NCC(=O)O[C@H](C)C(=O)Nc2ccc(NC(C)=O)cc2)cc1[N+](=O)[O-]. The number of carbonyl (C=O) groups excluding carboxylic acids is 3. The summed E-state index contributed by atoms with van der Waals surface area (Å²) in [6, 6.07) is 9.41. The number of ether oxygens (including phenoxy) is 1. The molecule has 1 atom stereocenters. The molecule has 0 aliphatic carbocycles. The Bertz CT molecular complexity index is 1200. The minimum Gasteiger partial charge on any atom is -0.452 e. The number of rotatable bonds is 10. The van der Waals surface area contributed by atoms with Crippen molar-refractivity contribution in [3.63, 3.8) is 0 Å². The summed E-state index contributed by atoms with van der Waals surface area (Å²) in [5.41, 5.74) is 0.578. The van der Waals surface area contributed by atoms with Crippen LogP contribution < -0.4 is 20.7 Å². The van der Waals surface area contributed by atoms with E-state index >= 15 is 0 Å². The van der Waals surface area contributed by atoms with Gasteiger partial charge in [0, 0.05) is 31.4 Å². The fourth-order valence-electron chi connectivity index (χ4n) is 2.65. The van der Waals surface area contributed by atoms with Gasteiger partial charge in [0.25, 0.3) is 11.6 Å². The number of anilines is 3. The molecule has 0 spiro atoms. The second kappa shape index (κ2) is 11.2. The van der Waals surface area contributed by atoms with Crippen LogP contribution in [-0.4, -0.2) is 50.8 Å². The second-order valence-corrected chi connectivity index (χ2v) is 8.66. The third-order valence-electron chi connectivity index (χ3n) is 4.30. The quantitative estimate of drug-likeness (QED) is 0.216. The average molecular weight is 493 g/mol. The van der Waals surface area contributed by atoms with Crippen molar-refractivity contribution in [3.05, 3.63) is 52.6 Å². The summed E-state index contributed by atoms with van der Waals surface area (Å²) < 4.78 is 31.7. The summed E-state index contributed by atoms with van der Waals surface area (Å²) in [6.45, 7) is 1.86. The van der Waals surface area contributed by atoms with Gasteiger partial charge in [-0.3, -0.25) is 24.5 Å². The zero-order valence-corrected chi connectivity index (χ0v) is 19.3. The maximum atomic E-state index is 12.4. The van der Waals surface area contributed by atoms with E-state index in [0.29, 0.717) is 11.4 Å². The summed E-state index contributed by atoms with van der Waals surface area (Å²) in [4.78, 5) is 45.2. The van der Waals surface area contributed by atoms with Crippen molar-refractivity contribution in [2.24, 2.45) is 0 Å². The van der Waals surface area contributed by atoms with Crippen LogP contribution in [0.4, 0.5) is 22.7 Å². The molecule has 2 aromatic carbocycles. The molecule has 2 amide bonds. The summed E-state index contributed by atoms with van der Waals surface area (Å²) in [7, 11) is -2.82. The number of hydrogen-bond acceptors (Lipinski definition) is 9. The lowest BCUT2D eigenvalue weighted by Gasteiger charge is -2.14. The van der Waals surface area contributed by atoms with Crippen LogP contribution in [0.15, 0.2) is 47.4 Å². The number of carbonyl (C=O) groups is 3. The van der Waals surface area contributed by atoms with Crippen LogP contribution in [0.5, 0.6) is 0 Å². The highest BCUT2D eigenvalue weighted by molar-refractivity contribution is 7.89. The lowest BCUT2D eigenvalue weighted by molar-refractivity contribution is -0.384. The van der Waals surface area contributed by atoms with Crippen molar-refractivity contribution in [1.29, 1.82) is 0 Å². The van der Waals surface area contributed by atoms with Gasteiger partial charge in [0.15, 0.2) is 6.10 Å². The maximum Gasteiger partial charge on any atom is 0.321 e. The van der Waals surface area contributed by atoms with Gasteiger partial charge in [-0.05, 0) is 43.3 Å². The van der Waals surface area contributed by atoms with Crippen LogP contribution in [0.25, 0.3) is 0 Å². The minimum absolute atomic E-state index is 0.118. The van der Waals surface area contributed by atoms with E-state index in [0.717, 1.165) is 12.1 Å². The van der Waals surface area contributed by atoms with E-state index in [1.165, 1.54) is 39.1 Å². The molecule has 0 heterocycles. The van der Waals surface area contributed by atoms with Gasteiger partial charge in [-0.2, -0.15) is 4.72 Å². The molecule has 182 valence electrons. The van der Waals surface area contributed by atoms with Gasteiger partial charge >= 0.3 is 5.97 Å². The van der Waals surface area contributed by atoms with E-state index in [9.17, 15) is 32.9 Å². The van der Waals surface area contributed by atoms with E-state index in [1.54, 1.807) is 12.1 Å². The molecule has 0 fully saturated rings. The average Bonchev–Trinajstić information content (AvgIpc) is 2.78. The number of nitro benzene ring substituents is 1. The Kier molecular flexibility index (Phi) is 8.64. The van der Waals surface area contributed by atoms with Gasteiger partial charge < -0.3 is 20.7 Å². The molecule has 0 bridgehead atoms. The monoisotopic (exact) mass is 493 g/mol. The molecule has 2 aromatic rings. The van der Waals surface area contributed by atoms with Crippen molar-refractivity contribution in [3.8, 4) is 0 Å². The Labute approximate surface area is 195 Å². The lowest BCUT2D eigenvalue weighted by Crippen LogP contribution is -2.35. The zero-order chi connectivity index (χ0) is 25.5. The Balaban J connectivity index is 1.93. The largest absolute Gasteiger partial charge is 0.452 e. The van der Waals surface area contributed by atoms with Gasteiger partial charge in [-0.25, -0.2) is 8.42 Å². The highest BCUT2D eigenvalue weighted by Crippen LogP contribution is 2.27. The number of hydrogen-bond donors (Lipinski definition) is 4. The molecule has 0 aromatic heterocycles. The van der Waals surface area contributed by atoms with Crippen LogP contribution in [0.2, 0.25) is 0 Å². The first-order valence-electron chi connectivity index (χ1n) is 9.77. The summed E-state index contributed by atoms with van der Waals surface area (Å²) in [5, 5.41) is 18.8. The van der Waals surface area contributed by atoms with Crippen LogP contribution in [0.3, 0.4) is 0 Å². The van der Waals surface area contributed by atoms with Crippen molar-refractivity contribution < 1.29 is 32.5 Å². The Morgan fingerprint density at radius 2 is 1.65 bits per heavy atom. The third-order valence-corrected chi connectivity index (χ3v) is 5.70. The molecule has 4 N–H and O–H groups in total. The zero-order valence-electron chi connectivity index (χ0n) is 18.4. The topological polar surface area (TPSA) is 186 Å². The molecule has 0 saturated carbocycles. The number of esters is 1. The Hall–Kier alpha value is -4.04. The number of nitro groups is 1. The van der Waals surface area contributed by atoms with E-state index in [1.807, 2.05) is 4.72 Å². The fraction of sp³-hybridized carbons (Fsp3) is 0.250. The Morgan fingerprint density at radius 1 is 1.06 bits per heavy atom. The smallest absolute Gasteiger partial charge is 0.321 e. The van der Waals surface area contributed by atoms with Crippen LogP contribution in [-0.2, 0) is 29.1 Å². The number of nitrogens with one attached hydrogen (secondary N) is 4. The number of benzene rings is 2. The van der Waals surface area contributed by atoms with E-state index in [-0.39, 0.29) is 11.6 Å². The minimum atomic E-state index is -4.27. The molecule has 0 aliphatic rings. The molecule has 34 heavy (non-hydrogen) atoms. The van der Waals surface area contributed by atoms with Crippen molar-refractivity contribution in [1.82, 2.24) is 4.72 Å².